The minimum absolute atomic E-state index is 0.0799. The molecule has 0 atom stereocenters. The van der Waals surface area contributed by atoms with Crippen molar-refractivity contribution in [2.45, 2.75) is 58.9 Å². The highest BCUT2D eigenvalue weighted by Gasteiger charge is 2.27. The van der Waals surface area contributed by atoms with Crippen LogP contribution in [0.25, 0.3) is 0 Å². The molecular formula is C22H33N7O. The fourth-order valence-electron chi connectivity index (χ4n) is 4.59. The molecule has 2 aliphatic rings. The van der Waals surface area contributed by atoms with Gasteiger partial charge in [-0.1, -0.05) is 19.3 Å². The molecule has 1 aliphatic heterocycles. The van der Waals surface area contributed by atoms with E-state index in [-0.39, 0.29) is 5.91 Å². The highest BCUT2D eigenvalue weighted by Crippen LogP contribution is 2.23. The fourth-order valence-corrected chi connectivity index (χ4v) is 4.59. The van der Waals surface area contributed by atoms with Gasteiger partial charge in [0, 0.05) is 56.7 Å². The van der Waals surface area contributed by atoms with Gasteiger partial charge in [0.05, 0.1) is 11.3 Å². The van der Waals surface area contributed by atoms with Crippen molar-refractivity contribution < 1.29 is 4.79 Å². The number of anilines is 2. The number of nitrogens with zero attached hydrogens (tertiary/aromatic N) is 6. The van der Waals surface area contributed by atoms with Gasteiger partial charge in [-0.3, -0.25) is 9.48 Å². The van der Waals surface area contributed by atoms with E-state index in [0.29, 0.717) is 19.1 Å². The molecule has 1 N–H and O–H groups in total. The van der Waals surface area contributed by atoms with Gasteiger partial charge in [0.25, 0.3) is 5.91 Å². The molecule has 1 amide bonds. The van der Waals surface area contributed by atoms with Crippen molar-refractivity contribution in [1.29, 1.82) is 0 Å². The van der Waals surface area contributed by atoms with Crippen LogP contribution in [0.5, 0.6) is 0 Å². The number of carbonyl (C=O) groups is 1. The lowest BCUT2D eigenvalue weighted by Gasteiger charge is -2.35. The van der Waals surface area contributed by atoms with Crippen LogP contribution < -0.4 is 10.2 Å². The van der Waals surface area contributed by atoms with Gasteiger partial charge in [0.1, 0.15) is 5.82 Å². The molecule has 0 spiro atoms. The summed E-state index contributed by atoms with van der Waals surface area (Å²) in [6, 6.07) is 2.52. The molecule has 1 saturated carbocycles. The molecule has 4 rings (SSSR count). The summed E-state index contributed by atoms with van der Waals surface area (Å²) >= 11 is 0. The van der Waals surface area contributed by atoms with Crippen molar-refractivity contribution in [3.63, 3.8) is 0 Å². The maximum atomic E-state index is 13.0. The van der Waals surface area contributed by atoms with Crippen LogP contribution in [0.1, 0.15) is 59.5 Å². The molecule has 0 bridgehead atoms. The van der Waals surface area contributed by atoms with Crippen molar-refractivity contribution in [3.8, 4) is 0 Å². The van der Waals surface area contributed by atoms with Crippen LogP contribution in [-0.4, -0.2) is 62.8 Å². The molecule has 2 aromatic rings. The zero-order valence-corrected chi connectivity index (χ0v) is 18.6. The summed E-state index contributed by atoms with van der Waals surface area (Å²) in [6.07, 6.45) is 6.28. The first kappa shape index (κ1) is 20.6. The Bertz CT molecular complexity index is 908. The zero-order chi connectivity index (χ0) is 21.3. The van der Waals surface area contributed by atoms with Gasteiger partial charge >= 0.3 is 0 Å². The molecule has 8 nitrogen and oxygen atoms in total. The number of hydrogen-bond acceptors (Lipinski definition) is 6. The third-order valence-corrected chi connectivity index (χ3v) is 6.39. The van der Waals surface area contributed by atoms with E-state index in [1.165, 1.54) is 32.1 Å². The van der Waals surface area contributed by atoms with Crippen LogP contribution in [0.4, 0.5) is 11.8 Å². The van der Waals surface area contributed by atoms with E-state index < -0.39 is 0 Å². The number of hydrogen-bond donors (Lipinski definition) is 1. The third kappa shape index (κ3) is 4.27. The lowest BCUT2D eigenvalue weighted by molar-refractivity contribution is 0.0745. The van der Waals surface area contributed by atoms with Crippen molar-refractivity contribution in [2.75, 3.05) is 36.4 Å². The second-order valence-corrected chi connectivity index (χ2v) is 8.62. The van der Waals surface area contributed by atoms with E-state index >= 15 is 0 Å². The summed E-state index contributed by atoms with van der Waals surface area (Å²) in [7, 11) is 1.88. The Morgan fingerprint density at radius 3 is 2.37 bits per heavy atom. The second-order valence-electron chi connectivity index (χ2n) is 8.62. The Morgan fingerprint density at radius 2 is 1.73 bits per heavy atom. The molecule has 0 aromatic carbocycles. The Morgan fingerprint density at radius 1 is 1.03 bits per heavy atom. The van der Waals surface area contributed by atoms with Crippen molar-refractivity contribution in [1.82, 2.24) is 24.6 Å². The summed E-state index contributed by atoms with van der Waals surface area (Å²) in [4.78, 5) is 26.6. The van der Waals surface area contributed by atoms with Gasteiger partial charge in [0.2, 0.25) is 5.95 Å². The lowest BCUT2D eigenvalue weighted by atomic mass is 9.96. The molecule has 8 heteroatoms. The number of aryl methyl sites for hydroxylation is 3. The van der Waals surface area contributed by atoms with E-state index in [9.17, 15) is 4.79 Å². The molecule has 3 heterocycles. The number of nitrogens with one attached hydrogen (secondary N) is 1. The number of rotatable bonds is 4. The van der Waals surface area contributed by atoms with E-state index in [0.717, 1.165) is 47.5 Å². The van der Waals surface area contributed by atoms with Crippen molar-refractivity contribution in [2.24, 2.45) is 7.05 Å². The van der Waals surface area contributed by atoms with Crippen LogP contribution in [0.15, 0.2) is 6.07 Å². The van der Waals surface area contributed by atoms with Gasteiger partial charge in [-0.15, -0.1) is 0 Å². The van der Waals surface area contributed by atoms with Gasteiger partial charge < -0.3 is 15.1 Å². The maximum Gasteiger partial charge on any atom is 0.257 e. The number of aromatic nitrogens is 4. The highest BCUT2D eigenvalue weighted by molar-refractivity contribution is 5.96. The molecule has 0 radical (unpaired) electrons. The summed E-state index contributed by atoms with van der Waals surface area (Å²) in [6.45, 7) is 8.77. The summed E-state index contributed by atoms with van der Waals surface area (Å²) < 4.78 is 1.78. The molecule has 2 aromatic heterocycles. The van der Waals surface area contributed by atoms with Gasteiger partial charge in [-0.25, -0.2) is 4.98 Å². The smallest absolute Gasteiger partial charge is 0.257 e. The van der Waals surface area contributed by atoms with Crippen molar-refractivity contribution in [3.05, 3.63) is 28.7 Å². The van der Waals surface area contributed by atoms with Crippen LogP contribution in [0, 0.1) is 20.8 Å². The molecular weight excluding hydrogens is 378 g/mol. The Kier molecular flexibility index (Phi) is 5.92. The van der Waals surface area contributed by atoms with E-state index in [1.807, 2.05) is 38.8 Å². The Hall–Kier alpha value is -2.64. The average Bonchev–Trinajstić information content (AvgIpc) is 2.99. The molecule has 0 unspecified atom stereocenters. The van der Waals surface area contributed by atoms with Gasteiger partial charge in [-0.05, 0) is 33.6 Å². The second kappa shape index (κ2) is 8.62. The first-order chi connectivity index (χ1) is 14.4. The topological polar surface area (TPSA) is 79.2 Å². The predicted molar refractivity (Wildman–Crippen MR) is 118 cm³/mol. The van der Waals surface area contributed by atoms with E-state index in [2.05, 4.69) is 20.3 Å². The first-order valence-electron chi connectivity index (χ1n) is 11.1. The Balaban J connectivity index is 1.41. The van der Waals surface area contributed by atoms with Gasteiger partial charge in [-0.2, -0.15) is 10.1 Å². The summed E-state index contributed by atoms with van der Waals surface area (Å²) in [5.41, 5.74) is 3.43. The van der Waals surface area contributed by atoms with Crippen molar-refractivity contribution >= 4 is 17.7 Å². The monoisotopic (exact) mass is 411 g/mol. The largest absolute Gasteiger partial charge is 0.353 e. The lowest BCUT2D eigenvalue weighted by Crippen LogP contribution is -2.49. The van der Waals surface area contributed by atoms with E-state index in [1.54, 1.807) is 4.68 Å². The first-order valence-corrected chi connectivity index (χ1v) is 11.1. The summed E-state index contributed by atoms with van der Waals surface area (Å²) in [5.74, 6) is 1.76. The molecule has 2 fully saturated rings. The average molecular weight is 412 g/mol. The maximum absolute atomic E-state index is 13.0. The standard InChI is InChI=1S/C22H33N7O/c1-15-14-19(25-22(23-15)24-18-8-6-5-7-9-18)28-10-12-29(13-11-28)21(30)20-16(2)26-27(4)17(20)3/h14,18H,5-13H2,1-4H3,(H,23,24,25). The third-order valence-electron chi connectivity index (χ3n) is 6.39. The molecule has 30 heavy (non-hydrogen) atoms. The molecule has 162 valence electrons. The zero-order valence-electron chi connectivity index (χ0n) is 18.6. The normalized spacial score (nSPS) is 18.0. The number of piperazine rings is 1. The minimum Gasteiger partial charge on any atom is -0.353 e. The van der Waals surface area contributed by atoms with E-state index in [4.69, 9.17) is 4.98 Å². The number of amides is 1. The van der Waals surface area contributed by atoms with Crippen LogP contribution in [0.3, 0.4) is 0 Å². The quantitative estimate of drug-likeness (QED) is 0.833. The SMILES string of the molecule is Cc1cc(N2CCN(C(=O)c3c(C)nn(C)c3C)CC2)nc(NC2CCCCC2)n1. The van der Waals surface area contributed by atoms with Gasteiger partial charge in [0.15, 0.2) is 0 Å². The van der Waals surface area contributed by atoms with Crippen LogP contribution >= 0.6 is 0 Å². The molecule has 1 saturated heterocycles. The predicted octanol–water partition coefficient (Wildman–Crippen LogP) is 2.84. The highest BCUT2D eigenvalue weighted by atomic mass is 16.2. The fraction of sp³-hybridized carbons (Fsp3) is 0.636. The van der Waals surface area contributed by atoms with Crippen LogP contribution in [0.2, 0.25) is 0 Å². The minimum atomic E-state index is 0.0799. The Labute approximate surface area is 178 Å². The molecule has 1 aliphatic carbocycles. The summed E-state index contributed by atoms with van der Waals surface area (Å²) in [5, 5.41) is 7.93. The number of carbonyl (C=O) groups excluding carboxylic acids is 1. The van der Waals surface area contributed by atoms with Crippen LogP contribution in [-0.2, 0) is 7.05 Å².